The monoisotopic (exact) mass is 364 g/mol. The molecule has 0 spiro atoms. The molecule has 3 rings (SSSR count). The zero-order chi connectivity index (χ0) is 18.9. The van der Waals surface area contributed by atoms with Gasteiger partial charge in [0, 0.05) is 63.4 Å². The van der Waals surface area contributed by atoms with Crippen LogP contribution in [-0.4, -0.2) is 96.1 Å². The predicted octanol–water partition coefficient (Wildman–Crippen LogP) is 2.84. The first-order valence-corrected chi connectivity index (χ1v) is 11.1. The van der Waals surface area contributed by atoms with Gasteiger partial charge in [0.1, 0.15) is 0 Å². The van der Waals surface area contributed by atoms with Gasteiger partial charge in [0.05, 0.1) is 0 Å². The molecule has 4 nitrogen and oxygen atoms in total. The van der Waals surface area contributed by atoms with Crippen molar-refractivity contribution in [2.45, 2.75) is 65.5 Å². The largest absolute Gasteiger partial charge is 0.303 e. The lowest BCUT2D eigenvalue weighted by Gasteiger charge is -2.49. The molecule has 3 aliphatic rings. The molecule has 26 heavy (non-hydrogen) atoms. The highest BCUT2D eigenvalue weighted by molar-refractivity contribution is 4.91. The minimum absolute atomic E-state index is 0.335. The fraction of sp³-hybridized carbons (Fsp3) is 1.00. The van der Waals surface area contributed by atoms with Crippen LogP contribution in [0.1, 0.15) is 54.4 Å². The molecule has 0 amide bonds. The van der Waals surface area contributed by atoms with Crippen LogP contribution in [0.2, 0.25) is 0 Å². The molecule has 3 saturated heterocycles. The summed E-state index contributed by atoms with van der Waals surface area (Å²) >= 11 is 0. The van der Waals surface area contributed by atoms with E-state index in [4.69, 9.17) is 0 Å². The molecule has 3 aliphatic heterocycles. The molecule has 0 N–H and O–H groups in total. The maximum atomic E-state index is 2.75. The zero-order valence-electron chi connectivity index (χ0n) is 18.4. The Morgan fingerprint density at radius 3 is 1.54 bits per heavy atom. The highest BCUT2D eigenvalue weighted by atomic mass is 15.3. The fourth-order valence-electron chi connectivity index (χ4n) is 4.92. The van der Waals surface area contributed by atoms with Crippen molar-refractivity contribution >= 4 is 0 Å². The minimum atomic E-state index is 0.335. The van der Waals surface area contributed by atoms with Crippen LogP contribution >= 0.6 is 0 Å². The van der Waals surface area contributed by atoms with Gasteiger partial charge in [-0.1, -0.05) is 0 Å². The van der Waals surface area contributed by atoms with Crippen LogP contribution < -0.4 is 0 Å². The summed E-state index contributed by atoms with van der Waals surface area (Å²) in [7, 11) is 0. The number of rotatable bonds is 4. The van der Waals surface area contributed by atoms with E-state index < -0.39 is 0 Å². The molecule has 0 aromatic carbocycles. The average Bonchev–Trinajstić information content (AvgIpc) is 2.50. The predicted molar refractivity (Wildman–Crippen MR) is 112 cm³/mol. The summed E-state index contributed by atoms with van der Waals surface area (Å²) in [6, 6.07) is 0. The number of piperidine rings is 1. The van der Waals surface area contributed by atoms with Gasteiger partial charge in [0.2, 0.25) is 0 Å². The third-order valence-electron chi connectivity index (χ3n) is 6.97. The van der Waals surface area contributed by atoms with Crippen molar-refractivity contribution in [3.05, 3.63) is 0 Å². The second-order valence-electron chi connectivity index (χ2n) is 11.1. The Morgan fingerprint density at radius 2 is 1.04 bits per heavy atom. The molecule has 3 heterocycles. The maximum Gasteiger partial charge on any atom is 0.0126 e. The molecule has 0 saturated carbocycles. The van der Waals surface area contributed by atoms with Crippen molar-refractivity contribution in [2.75, 3.05) is 65.4 Å². The Hall–Kier alpha value is -0.160. The molecule has 0 aliphatic carbocycles. The first-order valence-electron chi connectivity index (χ1n) is 11.1. The van der Waals surface area contributed by atoms with Gasteiger partial charge in [0.25, 0.3) is 0 Å². The lowest BCUT2D eigenvalue weighted by atomic mass is 9.90. The lowest BCUT2D eigenvalue weighted by molar-refractivity contribution is -0.00812. The van der Waals surface area contributed by atoms with E-state index in [-0.39, 0.29) is 0 Å². The number of likely N-dealkylation sites (tertiary alicyclic amines) is 2. The van der Waals surface area contributed by atoms with E-state index in [1.807, 2.05) is 0 Å². The summed E-state index contributed by atoms with van der Waals surface area (Å²) in [5.74, 6) is 1.84. The van der Waals surface area contributed by atoms with Crippen LogP contribution in [0.4, 0.5) is 0 Å². The average molecular weight is 365 g/mol. The second kappa shape index (κ2) is 8.06. The smallest absolute Gasteiger partial charge is 0.0126 e. The SMILES string of the molecule is CC(C)(C)N1CCN(CC2CCN(CC3CN(C(C)(C)C)C3)CC2)CC1. The van der Waals surface area contributed by atoms with Gasteiger partial charge in [0.15, 0.2) is 0 Å². The number of hydrogen-bond acceptors (Lipinski definition) is 4. The molecular formula is C22H44N4. The van der Waals surface area contributed by atoms with E-state index in [1.54, 1.807) is 0 Å². The Kier molecular flexibility index (Phi) is 6.38. The standard InChI is InChI=1S/C22H44N4/c1-21(2,3)25-13-11-24(12-14-25)15-19-7-9-23(10-8-19)16-20-17-26(18-20)22(4,5)6/h19-20H,7-18H2,1-6H3. The fourth-order valence-corrected chi connectivity index (χ4v) is 4.92. The van der Waals surface area contributed by atoms with Crippen molar-refractivity contribution in [3.8, 4) is 0 Å². The van der Waals surface area contributed by atoms with Gasteiger partial charge in [-0.05, 0) is 79.3 Å². The molecule has 4 heteroatoms. The zero-order valence-corrected chi connectivity index (χ0v) is 18.4. The van der Waals surface area contributed by atoms with E-state index in [9.17, 15) is 0 Å². The molecular weight excluding hydrogens is 320 g/mol. The van der Waals surface area contributed by atoms with Crippen LogP contribution in [0.15, 0.2) is 0 Å². The third-order valence-corrected chi connectivity index (χ3v) is 6.97. The summed E-state index contributed by atoms with van der Waals surface area (Å²) < 4.78 is 0. The van der Waals surface area contributed by atoms with Crippen molar-refractivity contribution < 1.29 is 0 Å². The molecule has 0 aromatic rings. The van der Waals surface area contributed by atoms with E-state index >= 15 is 0 Å². The highest BCUT2D eigenvalue weighted by Gasteiger charge is 2.35. The van der Waals surface area contributed by atoms with E-state index in [0.717, 1.165) is 11.8 Å². The molecule has 0 unspecified atom stereocenters. The van der Waals surface area contributed by atoms with Crippen molar-refractivity contribution in [3.63, 3.8) is 0 Å². The normalized spacial score (nSPS) is 27.0. The van der Waals surface area contributed by atoms with Crippen molar-refractivity contribution in [1.29, 1.82) is 0 Å². The van der Waals surface area contributed by atoms with Gasteiger partial charge in [-0.2, -0.15) is 0 Å². The van der Waals surface area contributed by atoms with Crippen molar-refractivity contribution in [2.24, 2.45) is 11.8 Å². The third kappa shape index (κ3) is 5.43. The molecule has 0 bridgehead atoms. The Balaban J connectivity index is 1.30. The van der Waals surface area contributed by atoms with Crippen LogP contribution in [0.5, 0.6) is 0 Å². The van der Waals surface area contributed by atoms with Crippen LogP contribution in [0.3, 0.4) is 0 Å². The van der Waals surface area contributed by atoms with E-state index in [0.29, 0.717) is 11.1 Å². The van der Waals surface area contributed by atoms with Gasteiger partial charge in [-0.25, -0.2) is 0 Å². The van der Waals surface area contributed by atoms with E-state index in [2.05, 4.69) is 61.1 Å². The van der Waals surface area contributed by atoms with Gasteiger partial charge in [-0.3, -0.25) is 9.80 Å². The summed E-state index contributed by atoms with van der Waals surface area (Å²) in [5.41, 5.74) is 0.696. The van der Waals surface area contributed by atoms with Crippen molar-refractivity contribution in [1.82, 2.24) is 19.6 Å². The molecule has 3 fully saturated rings. The second-order valence-corrected chi connectivity index (χ2v) is 11.1. The summed E-state index contributed by atoms with van der Waals surface area (Å²) in [6.07, 6.45) is 2.82. The summed E-state index contributed by atoms with van der Waals surface area (Å²) in [4.78, 5) is 10.8. The Bertz CT molecular complexity index is 428. The molecule has 0 atom stereocenters. The first kappa shape index (κ1) is 20.6. The van der Waals surface area contributed by atoms with Gasteiger partial charge < -0.3 is 9.80 Å². The quantitative estimate of drug-likeness (QED) is 0.760. The van der Waals surface area contributed by atoms with E-state index in [1.165, 1.54) is 78.3 Å². The highest BCUT2D eigenvalue weighted by Crippen LogP contribution is 2.27. The number of hydrogen-bond donors (Lipinski definition) is 0. The summed E-state index contributed by atoms with van der Waals surface area (Å²) in [6.45, 7) is 27.1. The first-order chi connectivity index (χ1) is 12.1. The number of nitrogens with zero attached hydrogens (tertiary/aromatic N) is 4. The Labute approximate surface area is 162 Å². The molecule has 152 valence electrons. The van der Waals surface area contributed by atoms with Crippen LogP contribution in [0, 0.1) is 11.8 Å². The van der Waals surface area contributed by atoms with Gasteiger partial charge in [-0.15, -0.1) is 0 Å². The molecule has 0 radical (unpaired) electrons. The topological polar surface area (TPSA) is 13.0 Å². The Morgan fingerprint density at radius 1 is 0.577 bits per heavy atom. The van der Waals surface area contributed by atoms with Gasteiger partial charge >= 0.3 is 0 Å². The lowest BCUT2D eigenvalue weighted by Crippen LogP contribution is -2.59. The molecule has 0 aromatic heterocycles. The van der Waals surface area contributed by atoms with Crippen LogP contribution in [-0.2, 0) is 0 Å². The van der Waals surface area contributed by atoms with Crippen LogP contribution in [0.25, 0.3) is 0 Å². The minimum Gasteiger partial charge on any atom is -0.303 e. The maximum absolute atomic E-state index is 2.75. The number of piperazine rings is 1. The summed E-state index contributed by atoms with van der Waals surface area (Å²) in [5, 5.41) is 0.